The van der Waals surface area contributed by atoms with E-state index in [1.54, 1.807) is 0 Å². The molecule has 6 aromatic rings. The number of benzene rings is 6. The Morgan fingerprint density at radius 3 is 1.13 bits per heavy atom. The van der Waals surface area contributed by atoms with Crippen molar-refractivity contribution < 1.29 is 9.47 Å². The first-order chi connectivity index (χ1) is 25.9. The van der Waals surface area contributed by atoms with Gasteiger partial charge in [-0.15, -0.1) is 0 Å². The fourth-order valence-corrected chi connectivity index (χ4v) is 8.34. The van der Waals surface area contributed by atoms with Crippen molar-refractivity contribution in [2.45, 2.75) is 84.5 Å². The summed E-state index contributed by atoms with van der Waals surface area (Å²) in [5.41, 5.74) is 25.7. The van der Waals surface area contributed by atoms with Crippen LogP contribution >= 0.6 is 0 Å². The molecule has 1 aliphatic carbocycles. The fraction of sp³-hybridized carbons (Fsp3) is 0.265. The summed E-state index contributed by atoms with van der Waals surface area (Å²) in [6, 6.07) is 43.6. The molecule has 0 spiro atoms. The molecule has 4 N–H and O–H groups in total. The standard InChI is InChI=1S/C49H52N2O2/c1-5-13-33-29-37(21-25-45(33)52-47-27-23-39(50)31-35(47)15-7-3)49(43-19-11-9-17-41(43)42-18-10-12-20-44(42)49)38-22-26-46(34(30-38)14-6-2)53-48-28-24-40(51)32-36(48)16-8-4/h9-12,17-32H,5-8,13-16,50-51H2,1-4H3. The van der Waals surface area contributed by atoms with Gasteiger partial charge in [0, 0.05) is 11.4 Å². The minimum atomic E-state index is -0.543. The summed E-state index contributed by atoms with van der Waals surface area (Å²) < 4.78 is 13.5. The Morgan fingerprint density at radius 1 is 0.415 bits per heavy atom. The maximum absolute atomic E-state index is 6.77. The Kier molecular flexibility index (Phi) is 10.6. The van der Waals surface area contributed by atoms with E-state index in [-0.39, 0.29) is 0 Å². The van der Waals surface area contributed by atoms with Gasteiger partial charge in [-0.2, -0.15) is 0 Å². The molecule has 0 bridgehead atoms. The van der Waals surface area contributed by atoms with E-state index < -0.39 is 5.41 Å². The van der Waals surface area contributed by atoms with Crippen molar-refractivity contribution in [1.29, 1.82) is 0 Å². The molecule has 0 aliphatic heterocycles. The largest absolute Gasteiger partial charge is 0.457 e. The van der Waals surface area contributed by atoms with Crippen LogP contribution in [0.5, 0.6) is 23.0 Å². The Hall–Kier alpha value is -5.48. The van der Waals surface area contributed by atoms with Gasteiger partial charge in [0.15, 0.2) is 0 Å². The molecule has 0 saturated heterocycles. The van der Waals surface area contributed by atoms with Gasteiger partial charge in [-0.25, -0.2) is 0 Å². The number of ether oxygens (including phenoxy) is 2. The highest BCUT2D eigenvalue weighted by Crippen LogP contribution is 2.57. The molecule has 270 valence electrons. The lowest BCUT2D eigenvalue weighted by atomic mass is 9.67. The molecule has 4 heteroatoms. The Labute approximate surface area is 315 Å². The van der Waals surface area contributed by atoms with Gasteiger partial charge >= 0.3 is 0 Å². The van der Waals surface area contributed by atoms with Crippen LogP contribution in [0, 0.1) is 0 Å². The lowest BCUT2D eigenvalue weighted by Crippen LogP contribution is -2.29. The normalized spacial score (nSPS) is 12.7. The first-order valence-electron chi connectivity index (χ1n) is 19.5. The van der Waals surface area contributed by atoms with E-state index in [0.717, 1.165) is 96.9 Å². The first-order valence-corrected chi connectivity index (χ1v) is 19.5. The van der Waals surface area contributed by atoms with Gasteiger partial charge < -0.3 is 20.9 Å². The molecule has 0 fully saturated rings. The van der Waals surface area contributed by atoms with E-state index in [4.69, 9.17) is 20.9 Å². The highest BCUT2D eigenvalue weighted by molar-refractivity contribution is 5.86. The van der Waals surface area contributed by atoms with Crippen molar-refractivity contribution in [3.63, 3.8) is 0 Å². The summed E-state index contributed by atoms with van der Waals surface area (Å²) in [6.45, 7) is 8.85. The molecule has 7 rings (SSSR count). The van der Waals surface area contributed by atoms with Crippen LogP contribution in [-0.2, 0) is 31.1 Å². The zero-order valence-electron chi connectivity index (χ0n) is 31.7. The monoisotopic (exact) mass is 700 g/mol. The average Bonchev–Trinajstić information content (AvgIpc) is 3.47. The fourth-order valence-electron chi connectivity index (χ4n) is 8.34. The van der Waals surface area contributed by atoms with Crippen LogP contribution in [0.25, 0.3) is 11.1 Å². The quantitative estimate of drug-likeness (QED) is 0.111. The molecular formula is C49H52N2O2. The number of rotatable bonds is 14. The number of nitrogen functional groups attached to an aromatic ring is 2. The minimum Gasteiger partial charge on any atom is -0.457 e. The third-order valence-electron chi connectivity index (χ3n) is 10.6. The SMILES string of the molecule is CCCc1cc(N)ccc1Oc1ccc(C2(c3ccc(Oc4ccc(N)cc4CCC)c(CCC)c3)c3ccccc3-c3ccccc32)cc1CCC. The van der Waals surface area contributed by atoms with E-state index >= 15 is 0 Å². The Balaban J connectivity index is 1.42. The molecule has 0 radical (unpaired) electrons. The smallest absolute Gasteiger partial charge is 0.130 e. The van der Waals surface area contributed by atoms with E-state index in [0.29, 0.717) is 0 Å². The Bertz CT molecular complexity index is 2080. The number of fused-ring (bicyclic) bond motifs is 3. The lowest BCUT2D eigenvalue weighted by Gasteiger charge is -2.35. The number of anilines is 2. The second-order valence-electron chi connectivity index (χ2n) is 14.4. The summed E-state index contributed by atoms with van der Waals surface area (Å²) >= 11 is 0. The number of aryl methyl sites for hydroxylation is 4. The van der Waals surface area contributed by atoms with Crippen LogP contribution < -0.4 is 20.9 Å². The van der Waals surface area contributed by atoms with E-state index in [2.05, 4.69) is 113 Å². The van der Waals surface area contributed by atoms with Gasteiger partial charge in [0.2, 0.25) is 0 Å². The van der Waals surface area contributed by atoms with Crippen molar-refractivity contribution in [3.05, 3.63) is 166 Å². The molecular weight excluding hydrogens is 649 g/mol. The van der Waals surface area contributed by atoms with Crippen LogP contribution in [-0.4, -0.2) is 0 Å². The van der Waals surface area contributed by atoms with Gasteiger partial charge in [0.05, 0.1) is 5.41 Å². The Morgan fingerprint density at radius 2 is 0.755 bits per heavy atom. The van der Waals surface area contributed by atoms with Gasteiger partial charge in [-0.3, -0.25) is 0 Å². The molecule has 6 aromatic carbocycles. The molecule has 0 heterocycles. The zero-order chi connectivity index (χ0) is 37.0. The van der Waals surface area contributed by atoms with E-state index in [1.165, 1.54) is 44.5 Å². The van der Waals surface area contributed by atoms with Crippen molar-refractivity contribution in [2.75, 3.05) is 11.5 Å². The molecule has 1 aliphatic rings. The maximum Gasteiger partial charge on any atom is 0.130 e. The first kappa shape index (κ1) is 35.9. The number of nitrogens with two attached hydrogens (primary N) is 2. The minimum absolute atomic E-state index is 0.543. The summed E-state index contributed by atoms with van der Waals surface area (Å²) in [7, 11) is 0. The maximum atomic E-state index is 6.77. The predicted molar refractivity (Wildman–Crippen MR) is 222 cm³/mol. The summed E-state index contributed by atoms with van der Waals surface area (Å²) in [4.78, 5) is 0. The highest BCUT2D eigenvalue weighted by atomic mass is 16.5. The zero-order valence-corrected chi connectivity index (χ0v) is 31.7. The molecule has 0 atom stereocenters. The van der Waals surface area contributed by atoms with Crippen molar-refractivity contribution >= 4 is 11.4 Å². The number of hydrogen-bond acceptors (Lipinski definition) is 4. The van der Waals surface area contributed by atoms with E-state index in [1.807, 2.05) is 36.4 Å². The third-order valence-corrected chi connectivity index (χ3v) is 10.6. The second kappa shape index (κ2) is 15.6. The van der Waals surface area contributed by atoms with Crippen molar-refractivity contribution in [3.8, 4) is 34.1 Å². The van der Waals surface area contributed by atoms with Gasteiger partial charge in [0.25, 0.3) is 0 Å². The molecule has 4 nitrogen and oxygen atoms in total. The third kappa shape index (κ3) is 6.79. The van der Waals surface area contributed by atoms with Crippen LogP contribution in [0.15, 0.2) is 121 Å². The van der Waals surface area contributed by atoms with E-state index in [9.17, 15) is 0 Å². The topological polar surface area (TPSA) is 70.5 Å². The molecule has 0 saturated carbocycles. The van der Waals surface area contributed by atoms with Crippen molar-refractivity contribution in [2.24, 2.45) is 0 Å². The van der Waals surface area contributed by atoms with Gasteiger partial charge in [0.1, 0.15) is 23.0 Å². The molecule has 0 unspecified atom stereocenters. The summed E-state index contributed by atoms with van der Waals surface area (Å²) in [5, 5.41) is 0. The average molecular weight is 701 g/mol. The summed E-state index contributed by atoms with van der Waals surface area (Å²) in [5.74, 6) is 3.55. The molecule has 0 amide bonds. The van der Waals surface area contributed by atoms with Gasteiger partial charge in [-0.1, -0.05) is 126 Å². The van der Waals surface area contributed by atoms with Gasteiger partial charge in [-0.05, 0) is 130 Å². The van der Waals surface area contributed by atoms with Crippen LogP contribution in [0.3, 0.4) is 0 Å². The predicted octanol–water partition coefficient (Wildman–Crippen LogP) is 12.6. The lowest BCUT2D eigenvalue weighted by molar-refractivity contribution is 0.468. The second-order valence-corrected chi connectivity index (χ2v) is 14.4. The summed E-state index contributed by atoms with van der Waals surface area (Å²) in [6.07, 6.45) is 7.67. The van der Waals surface area contributed by atoms with Crippen molar-refractivity contribution in [1.82, 2.24) is 0 Å². The number of hydrogen-bond donors (Lipinski definition) is 2. The van der Waals surface area contributed by atoms with Crippen LogP contribution in [0.4, 0.5) is 11.4 Å². The van der Waals surface area contributed by atoms with Crippen LogP contribution in [0.1, 0.15) is 97.9 Å². The highest BCUT2D eigenvalue weighted by Gasteiger charge is 2.46. The van der Waals surface area contributed by atoms with Crippen LogP contribution in [0.2, 0.25) is 0 Å². The molecule has 53 heavy (non-hydrogen) atoms. The molecule has 0 aromatic heterocycles.